The molecule has 23 heavy (non-hydrogen) atoms. The predicted octanol–water partition coefficient (Wildman–Crippen LogP) is -2.55. The fourth-order valence-electron chi connectivity index (χ4n) is 2.31. The predicted molar refractivity (Wildman–Crippen MR) is 71.7 cm³/mol. The summed E-state index contributed by atoms with van der Waals surface area (Å²) < 4.78 is 4.95. The van der Waals surface area contributed by atoms with E-state index < -0.39 is 61.1 Å². The van der Waals surface area contributed by atoms with Crippen molar-refractivity contribution in [1.82, 2.24) is 5.32 Å². The number of aliphatic hydroxyl groups excluding tert-OH is 3. The molecule has 6 N–H and O–H groups in total. The highest BCUT2D eigenvalue weighted by Crippen LogP contribution is 2.30. The molecule has 0 aromatic heterocycles. The van der Waals surface area contributed by atoms with Crippen molar-refractivity contribution in [2.24, 2.45) is 5.11 Å². The highest BCUT2D eigenvalue weighted by Gasteiger charge is 2.53. The van der Waals surface area contributed by atoms with Crippen molar-refractivity contribution in [2.45, 2.75) is 49.5 Å². The highest BCUT2D eigenvalue weighted by atomic mass is 16.7. The lowest BCUT2D eigenvalue weighted by Gasteiger charge is -2.44. The van der Waals surface area contributed by atoms with Crippen molar-refractivity contribution < 1.29 is 39.9 Å². The monoisotopic (exact) mass is 334 g/mol. The first-order valence-electron chi connectivity index (χ1n) is 6.58. The first kappa shape index (κ1) is 19.1. The van der Waals surface area contributed by atoms with E-state index in [0.29, 0.717) is 0 Å². The molecule has 130 valence electrons. The molecule has 1 aliphatic rings. The normalized spacial score (nSPS) is 33.2. The molecule has 1 fully saturated rings. The zero-order valence-electron chi connectivity index (χ0n) is 12.1. The Balaban J connectivity index is 3.17. The molecule has 12 heteroatoms. The average molecular weight is 334 g/mol. The van der Waals surface area contributed by atoms with E-state index in [9.17, 15) is 24.9 Å². The number of nitrogens with zero attached hydrogens (tertiary/aromatic N) is 3. The summed E-state index contributed by atoms with van der Waals surface area (Å²) in [5, 5.41) is 53.6. The first-order valence-corrected chi connectivity index (χ1v) is 6.58. The lowest BCUT2D eigenvalue weighted by molar-refractivity contribution is -0.290. The van der Waals surface area contributed by atoms with Gasteiger partial charge in [-0.2, -0.15) is 0 Å². The van der Waals surface area contributed by atoms with E-state index in [-0.39, 0.29) is 0 Å². The lowest BCUT2D eigenvalue weighted by Crippen LogP contribution is -2.67. The number of hydrogen-bond acceptors (Lipinski definition) is 8. The molecule has 1 rings (SSSR count). The number of ether oxygens (including phenoxy) is 1. The summed E-state index contributed by atoms with van der Waals surface area (Å²) in [6.07, 6.45) is -5.78. The maximum Gasteiger partial charge on any atom is 0.364 e. The zero-order valence-corrected chi connectivity index (χ0v) is 12.1. The number of aliphatic carboxylic acids is 1. The van der Waals surface area contributed by atoms with Crippen LogP contribution >= 0.6 is 0 Å². The van der Waals surface area contributed by atoms with Gasteiger partial charge in [0.1, 0.15) is 6.10 Å². The smallest absolute Gasteiger partial charge is 0.364 e. The number of carboxylic acid groups (broad SMARTS) is 1. The van der Waals surface area contributed by atoms with Crippen molar-refractivity contribution in [2.75, 3.05) is 6.61 Å². The number of amides is 1. The highest BCUT2D eigenvalue weighted by molar-refractivity contribution is 5.76. The third-order valence-electron chi connectivity index (χ3n) is 3.41. The van der Waals surface area contributed by atoms with Crippen LogP contribution in [0, 0.1) is 0 Å². The second-order valence-electron chi connectivity index (χ2n) is 5.12. The number of carbonyl (C=O) groups is 2. The molecule has 0 spiro atoms. The molecule has 0 aromatic rings. The van der Waals surface area contributed by atoms with Gasteiger partial charge in [0.05, 0.1) is 30.9 Å². The van der Waals surface area contributed by atoms with Crippen molar-refractivity contribution in [3.8, 4) is 0 Å². The van der Waals surface area contributed by atoms with E-state index in [1.165, 1.54) is 0 Å². The fourth-order valence-corrected chi connectivity index (χ4v) is 2.31. The van der Waals surface area contributed by atoms with Gasteiger partial charge in [0.25, 0.3) is 5.79 Å². The second-order valence-corrected chi connectivity index (χ2v) is 5.12. The molecule has 1 heterocycles. The SMILES string of the molecule is CC(=O)N[C@H]1[C@H]([C@H](O)[C@@H](CO)N=[N+]=[N-])OC(O)(C(=O)O)C[C@@H]1O. The van der Waals surface area contributed by atoms with Gasteiger partial charge in [-0.3, -0.25) is 4.79 Å². The quantitative estimate of drug-likeness (QED) is 0.173. The van der Waals surface area contributed by atoms with E-state index in [0.717, 1.165) is 6.92 Å². The van der Waals surface area contributed by atoms with Crippen LogP contribution in [0.1, 0.15) is 13.3 Å². The molecule has 0 bridgehead atoms. The van der Waals surface area contributed by atoms with Gasteiger partial charge in [-0.25, -0.2) is 4.79 Å². The molecule has 0 saturated carbocycles. The number of nitrogens with one attached hydrogen (secondary N) is 1. The second kappa shape index (κ2) is 7.55. The number of hydrogen-bond donors (Lipinski definition) is 6. The molecule has 0 aromatic carbocycles. The Morgan fingerprint density at radius 2 is 2.17 bits per heavy atom. The van der Waals surface area contributed by atoms with E-state index in [1.54, 1.807) is 0 Å². The number of rotatable bonds is 6. The van der Waals surface area contributed by atoms with Gasteiger partial charge in [-0.05, 0) is 5.53 Å². The minimum absolute atomic E-state index is 0.611. The summed E-state index contributed by atoms with van der Waals surface area (Å²) in [5.41, 5.74) is 8.40. The zero-order chi connectivity index (χ0) is 17.8. The first-order chi connectivity index (χ1) is 10.7. The van der Waals surface area contributed by atoms with Crippen LogP contribution in [0.2, 0.25) is 0 Å². The van der Waals surface area contributed by atoms with Gasteiger partial charge in [-0.15, -0.1) is 0 Å². The number of aliphatic hydroxyl groups is 4. The minimum atomic E-state index is -2.81. The summed E-state index contributed by atoms with van der Waals surface area (Å²) >= 11 is 0. The summed E-state index contributed by atoms with van der Waals surface area (Å²) in [6.45, 7) is 0.310. The van der Waals surface area contributed by atoms with Gasteiger partial charge in [0.15, 0.2) is 0 Å². The Labute approximate surface area is 129 Å². The van der Waals surface area contributed by atoms with Gasteiger partial charge >= 0.3 is 5.97 Å². The Bertz CT molecular complexity index is 510. The van der Waals surface area contributed by atoms with Crippen LogP contribution in [0.5, 0.6) is 0 Å². The van der Waals surface area contributed by atoms with Crippen LogP contribution in [-0.4, -0.2) is 80.2 Å². The van der Waals surface area contributed by atoms with Gasteiger partial charge < -0.3 is 35.6 Å². The van der Waals surface area contributed by atoms with Gasteiger partial charge in [0.2, 0.25) is 5.91 Å². The van der Waals surface area contributed by atoms with E-state index in [1.807, 2.05) is 0 Å². The number of carboxylic acids is 1. The third-order valence-corrected chi connectivity index (χ3v) is 3.41. The van der Waals surface area contributed by atoms with Crippen molar-refractivity contribution in [3.63, 3.8) is 0 Å². The average Bonchev–Trinajstić information content (AvgIpc) is 2.46. The Morgan fingerprint density at radius 3 is 2.61 bits per heavy atom. The molecule has 12 nitrogen and oxygen atoms in total. The number of carbonyl (C=O) groups excluding carboxylic acids is 1. The topological polar surface area (TPSA) is 205 Å². The molecule has 0 radical (unpaired) electrons. The third kappa shape index (κ3) is 4.28. The van der Waals surface area contributed by atoms with Crippen molar-refractivity contribution in [3.05, 3.63) is 10.4 Å². The molecular weight excluding hydrogens is 316 g/mol. The van der Waals surface area contributed by atoms with Gasteiger partial charge in [0, 0.05) is 18.3 Å². The van der Waals surface area contributed by atoms with Crippen LogP contribution in [-0.2, 0) is 14.3 Å². The van der Waals surface area contributed by atoms with E-state index in [2.05, 4.69) is 15.3 Å². The Hall–Kier alpha value is -1.95. The standard InChI is InChI=1S/C11H18N4O8/c1-4(17)13-7-6(18)2-11(22,10(20)21)23-9(7)8(19)5(3-16)14-15-12/h5-9,16,18-19,22H,2-3H2,1H3,(H,13,17)(H,20,21)/t5-,6+,7-,8-,9-,11?/m1/s1. The molecule has 1 saturated heterocycles. The summed E-state index contributed by atoms with van der Waals surface area (Å²) in [7, 11) is 0. The molecule has 1 aliphatic heterocycles. The molecule has 0 aliphatic carbocycles. The Morgan fingerprint density at radius 1 is 1.57 bits per heavy atom. The van der Waals surface area contributed by atoms with Crippen LogP contribution in [0.15, 0.2) is 5.11 Å². The summed E-state index contributed by atoms with van der Waals surface area (Å²) in [5.74, 6) is -5.23. The molecule has 6 atom stereocenters. The number of azide groups is 1. The van der Waals surface area contributed by atoms with Crippen LogP contribution in [0.25, 0.3) is 10.4 Å². The van der Waals surface area contributed by atoms with Crippen molar-refractivity contribution in [1.29, 1.82) is 0 Å². The summed E-state index contributed by atoms with van der Waals surface area (Å²) in [4.78, 5) is 24.7. The largest absolute Gasteiger partial charge is 0.477 e. The summed E-state index contributed by atoms with van der Waals surface area (Å²) in [6, 6.07) is -2.73. The molecular formula is C11H18N4O8. The van der Waals surface area contributed by atoms with Crippen LogP contribution < -0.4 is 5.32 Å². The molecule has 1 amide bonds. The van der Waals surface area contributed by atoms with Gasteiger partial charge in [-0.1, -0.05) is 5.11 Å². The fraction of sp³-hybridized carbons (Fsp3) is 0.818. The molecule has 1 unspecified atom stereocenters. The maximum atomic E-state index is 11.2. The van der Waals surface area contributed by atoms with E-state index in [4.69, 9.17) is 20.5 Å². The lowest BCUT2D eigenvalue weighted by atomic mass is 9.88. The maximum absolute atomic E-state index is 11.2. The van der Waals surface area contributed by atoms with E-state index >= 15 is 0 Å². The van der Waals surface area contributed by atoms with Crippen LogP contribution in [0.3, 0.4) is 0 Å². The van der Waals surface area contributed by atoms with Crippen molar-refractivity contribution >= 4 is 11.9 Å². The van der Waals surface area contributed by atoms with Crippen LogP contribution in [0.4, 0.5) is 0 Å². The Kier molecular flexibility index (Phi) is 6.27. The minimum Gasteiger partial charge on any atom is -0.477 e.